The van der Waals surface area contributed by atoms with Crippen LogP contribution in [0.4, 0.5) is 17.1 Å². The van der Waals surface area contributed by atoms with Crippen molar-refractivity contribution in [2.75, 3.05) is 37.3 Å². The molecule has 0 aliphatic carbocycles. The number of ether oxygens (including phenoxy) is 2. The number of thiophene rings is 2. The molecule has 13 heteroatoms. The van der Waals surface area contributed by atoms with Gasteiger partial charge in [-0.15, -0.1) is 22.7 Å². The molecule has 3 aliphatic heterocycles. The van der Waals surface area contributed by atoms with Crippen molar-refractivity contribution >= 4 is 52.1 Å². The number of hydrogen-bond acceptors (Lipinski definition) is 11. The summed E-state index contributed by atoms with van der Waals surface area (Å²) in [5, 5.41) is 45.1. The number of epoxide rings is 1. The Kier molecular flexibility index (Phi) is 11.5. The Balaban J connectivity index is 0.778. The molecule has 2 aromatic heterocycles. The summed E-state index contributed by atoms with van der Waals surface area (Å²) in [6.07, 6.45) is 4.19. The summed E-state index contributed by atoms with van der Waals surface area (Å²) in [4.78, 5) is 25.6. The Morgan fingerprint density at radius 1 is 0.930 bits per heavy atom. The maximum atomic E-state index is 13.7. The molecule has 3 fully saturated rings. The lowest BCUT2D eigenvalue weighted by molar-refractivity contribution is -0.956. The standard InChI is InChI=1S/C44H48N4O7S2/c1-48(35-24-33(25-36(48)42-41(35)55-42)54-43(52)44(53,39-6-3-21-56-39)40-7-4-22-57-40)20-2-5-28-8-13-31(14-9-28)47-32-15-10-29(11-16-32)18-19-45-26-38(51)30-12-17-37(50)34(23-30)46-27-49/h3-4,6-17,21-23,27,33,35-36,38,41-42,45,47,51,53H,2,5,18-20,24-26H2,1H3,(H-,46,49,50)/p+1/t33?,35?,36?,38-,41?,42?,48?/m0/s1. The number of fused-ring (bicyclic) bond motifs is 5. The number of morpholine rings is 1. The van der Waals surface area contributed by atoms with Crippen molar-refractivity contribution in [1.29, 1.82) is 0 Å². The first-order valence-corrected chi connectivity index (χ1v) is 21.3. The number of aryl methyl sites for hydroxylation is 1. The number of aliphatic hydroxyl groups excluding tert-OH is 1. The molecule has 4 unspecified atom stereocenters. The lowest BCUT2D eigenvalue weighted by Gasteiger charge is -2.48. The SMILES string of the molecule is C[N+]1(CCCc2ccc(Nc3ccc(CCNC[C@H](O)c4ccc(O)c(NC=O)c4)cc3)cc2)C2CC(OC(=O)C(O)(c3cccs3)c3cccs3)CC1C1OC12. The van der Waals surface area contributed by atoms with Gasteiger partial charge in [-0.05, 0) is 95.4 Å². The minimum absolute atomic E-state index is 0.0500. The Morgan fingerprint density at radius 3 is 2.12 bits per heavy atom. The summed E-state index contributed by atoms with van der Waals surface area (Å²) in [5.41, 5.74) is 3.58. The third-order valence-electron chi connectivity index (χ3n) is 12.0. The number of esters is 1. The number of anilines is 3. The molecule has 0 spiro atoms. The van der Waals surface area contributed by atoms with E-state index in [1.54, 1.807) is 24.3 Å². The highest BCUT2D eigenvalue weighted by Crippen LogP contribution is 2.53. The smallest absolute Gasteiger partial charge is 0.349 e. The van der Waals surface area contributed by atoms with E-state index in [-0.39, 0.29) is 41.8 Å². The zero-order valence-electron chi connectivity index (χ0n) is 31.8. The Hall–Kier alpha value is -4.60. The second-order valence-corrected chi connectivity index (χ2v) is 17.5. The zero-order valence-corrected chi connectivity index (χ0v) is 33.4. The van der Waals surface area contributed by atoms with Gasteiger partial charge in [0.1, 0.15) is 36.1 Å². The van der Waals surface area contributed by atoms with Crippen LogP contribution in [0.5, 0.6) is 5.75 Å². The average Bonchev–Trinajstić information content (AvgIpc) is 3.50. The van der Waals surface area contributed by atoms with Crippen LogP contribution in [-0.2, 0) is 37.5 Å². The Labute approximate surface area is 340 Å². The molecule has 6 N–H and O–H groups in total. The minimum atomic E-state index is -1.79. The third kappa shape index (κ3) is 8.24. The lowest BCUT2D eigenvalue weighted by Crippen LogP contribution is -2.63. The van der Waals surface area contributed by atoms with E-state index < -0.39 is 17.7 Å². The van der Waals surface area contributed by atoms with Gasteiger partial charge in [0.25, 0.3) is 0 Å². The lowest BCUT2D eigenvalue weighted by atomic mass is 9.93. The van der Waals surface area contributed by atoms with Crippen molar-refractivity contribution in [3.05, 3.63) is 128 Å². The van der Waals surface area contributed by atoms with Crippen molar-refractivity contribution in [3.8, 4) is 5.75 Å². The molecule has 3 aliphatic rings. The number of aliphatic hydroxyl groups is 2. The van der Waals surface area contributed by atoms with Gasteiger partial charge >= 0.3 is 5.97 Å². The van der Waals surface area contributed by atoms with E-state index in [0.717, 1.165) is 54.5 Å². The van der Waals surface area contributed by atoms with Crippen LogP contribution in [0.1, 0.15) is 51.8 Å². The van der Waals surface area contributed by atoms with E-state index in [2.05, 4.69) is 71.5 Å². The maximum Gasteiger partial charge on any atom is 0.349 e. The van der Waals surface area contributed by atoms with Gasteiger partial charge in [0, 0.05) is 37.2 Å². The molecular weight excluding hydrogens is 761 g/mol. The average molecular weight is 810 g/mol. The molecule has 5 aromatic rings. The number of piperidine rings is 1. The first-order chi connectivity index (χ1) is 27.7. The zero-order chi connectivity index (χ0) is 39.6. The van der Waals surface area contributed by atoms with Crippen LogP contribution >= 0.6 is 22.7 Å². The van der Waals surface area contributed by atoms with Gasteiger partial charge in [-0.1, -0.05) is 42.5 Å². The summed E-state index contributed by atoms with van der Waals surface area (Å²) in [7, 11) is 2.35. The van der Waals surface area contributed by atoms with Crippen molar-refractivity contribution in [3.63, 3.8) is 0 Å². The number of phenolic OH excluding ortho intramolecular Hbond substituents is 1. The van der Waals surface area contributed by atoms with E-state index in [1.807, 2.05) is 22.9 Å². The fourth-order valence-corrected chi connectivity index (χ4v) is 10.6. The summed E-state index contributed by atoms with van der Waals surface area (Å²) < 4.78 is 13.2. The normalized spacial score (nSPS) is 24.0. The maximum absolute atomic E-state index is 13.7. The first-order valence-electron chi connectivity index (χ1n) is 19.5. The number of carbonyl (C=O) groups is 2. The number of benzene rings is 3. The second kappa shape index (κ2) is 16.7. The van der Waals surface area contributed by atoms with Gasteiger partial charge in [0.05, 0.1) is 35.1 Å². The number of likely N-dealkylation sites (N-methyl/N-ethyl adjacent to an activating group) is 1. The topological polar surface area (TPSA) is 153 Å². The van der Waals surface area contributed by atoms with E-state index in [0.29, 0.717) is 34.8 Å². The molecule has 0 saturated carbocycles. The second-order valence-electron chi connectivity index (χ2n) is 15.6. The fraction of sp³-hybridized carbons (Fsp3) is 0.364. The fourth-order valence-electron chi connectivity index (χ4n) is 8.84. The number of nitrogens with zero attached hydrogens (tertiary/aromatic N) is 1. The van der Waals surface area contributed by atoms with Gasteiger partial charge in [-0.25, -0.2) is 4.79 Å². The van der Waals surface area contributed by atoms with Crippen LogP contribution in [0.15, 0.2) is 102 Å². The summed E-state index contributed by atoms with van der Waals surface area (Å²) in [5.74, 6) is -0.638. The molecule has 57 heavy (non-hydrogen) atoms. The molecule has 3 aromatic carbocycles. The number of amides is 1. The third-order valence-corrected chi connectivity index (χ3v) is 14.0. The molecule has 5 heterocycles. The first kappa shape index (κ1) is 39.2. The number of aromatic hydroxyl groups is 1. The van der Waals surface area contributed by atoms with E-state index >= 15 is 0 Å². The van der Waals surface area contributed by atoms with Gasteiger partial charge in [-0.2, -0.15) is 0 Å². The molecule has 8 rings (SSSR count). The Bertz CT molecular complexity index is 2080. The van der Waals surface area contributed by atoms with Crippen LogP contribution in [0.3, 0.4) is 0 Å². The summed E-state index contributed by atoms with van der Waals surface area (Å²) >= 11 is 2.73. The van der Waals surface area contributed by atoms with Crippen LogP contribution in [0.2, 0.25) is 0 Å². The quantitative estimate of drug-likeness (QED) is 0.0151. The number of rotatable bonds is 18. The monoisotopic (exact) mass is 809 g/mol. The van der Waals surface area contributed by atoms with Crippen molar-refractivity contribution in [2.24, 2.45) is 0 Å². The molecule has 2 bridgehead atoms. The van der Waals surface area contributed by atoms with Crippen molar-refractivity contribution < 1.29 is 38.9 Å². The van der Waals surface area contributed by atoms with Gasteiger partial charge < -0.3 is 45.2 Å². The molecule has 3 saturated heterocycles. The number of carbonyl (C=O) groups excluding carboxylic acids is 2. The molecule has 298 valence electrons. The van der Waals surface area contributed by atoms with Crippen LogP contribution in [-0.4, -0.2) is 89.3 Å². The molecule has 11 nitrogen and oxygen atoms in total. The Morgan fingerprint density at radius 2 is 1.54 bits per heavy atom. The van der Waals surface area contributed by atoms with Crippen LogP contribution in [0.25, 0.3) is 0 Å². The summed E-state index contributed by atoms with van der Waals surface area (Å²) in [6, 6.07) is 29.5. The number of quaternary nitrogens is 1. The van der Waals surface area contributed by atoms with Crippen molar-refractivity contribution in [1.82, 2.24) is 5.32 Å². The highest BCUT2D eigenvalue weighted by atomic mass is 32.1. The summed E-state index contributed by atoms with van der Waals surface area (Å²) in [6.45, 7) is 2.06. The van der Waals surface area contributed by atoms with Gasteiger partial charge in [0.15, 0.2) is 0 Å². The van der Waals surface area contributed by atoms with E-state index in [9.17, 15) is 24.9 Å². The highest BCUT2D eigenvalue weighted by Gasteiger charge is 2.72. The minimum Gasteiger partial charge on any atom is -0.506 e. The largest absolute Gasteiger partial charge is 0.506 e. The highest BCUT2D eigenvalue weighted by molar-refractivity contribution is 7.12. The number of phenols is 1. The van der Waals surface area contributed by atoms with Crippen LogP contribution < -0.4 is 16.0 Å². The van der Waals surface area contributed by atoms with E-state index in [4.69, 9.17) is 9.47 Å². The number of nitrogens with one attached hydrogen (secondary N) is 3. The van der Waals surface area contributed by atoms with E-state index in [1.165, 1.54) is 39.9 Å². The van der Waals surface area contributed by atoms with Gasteiger partial charge in [-0.3, -0.25) is 4.79 Å². The van der Waals surface area contributed by atoms with Crippen molar-refractivity contribution in [2.45, 2.75) is 74.2 Å². The molecule has 1 amide bonds. The predicted octanol–water partition coefficient (Wildman–Crippen LogP) is 6.23. The van der Waals surface area contributed by atoms with Gasteiger partial charge in [0.2, 0.25) is 12.0 Å². The molecule has 5 atom stereocenters. The predicted molar refractivity (Wildman–Crippen MR) is 222 cm³/mol. The van der Waals surface area contributed by atoms with Crippen LogP contribution in [0, 0.1) is 0 Å². The number of hydrogen-bond donors (Lipinski definition) is 6. The molecular formula is C44H49N4O7S2+. The molecule has 0 radical (unpaired) electrons.